The fourth-order valence-corrected chi connectivity index (χ4v) is 4.64. The largest absolute Gasteiger partial charge is 0.381 e. The number of sulfonamides is 1. The van der Waals surface area contributed by atoms with E-state index in [1.54, 1.807) is 12.1 Å². The third kappa shape index (κ3) is 4.47. The van der Waals surface area contributed by atoms with Crippen LogP contribution < -0.4 is 10.0 Å². The maximum Gasteiger partial charge on any atom is 0.242 e. The van der Waals surface area contributed by atoms with Gasteiger partial charge >= 0.3 is 0 Å². The van der Waals surface area contributed by atoms with E-state index in [0.717, 1.165) is 5.56 Å². The summed E-state index contributed by atoms with van der Waals surface area (Å²) in [7, 11) is -3.77. The lowest BCUT2D eigenvalue weighted by Crippen LogP contribution is -2.36. The standard InChI is InChI=1S/C18H19ClN4O2S/c19-17-7-6-15(21-11-14-4-2-1-3-5-14)10-18(17)26(24,25)22-16-8-9-23(12-16)13-20/h1-7,10,16,21-22H,8-9,11-12H2. The topological polar surface area (TPSA) is 85.2 Å². The molecule has 0 saturated carbocycles. The Morgan fingerprint density at radius 1 is 1.23 bits per heavy atom. The lowest BCUT2D eigenvalue weighted by atomic mass is 10.2. The Kier molecular flexibility index (Phi) is 5.67. The summed E-state index contributed by atoms with van der Waals surface area (Å²) in [5.74, 6) is 0. The van der Waals surface area contributed by atoms with Crippen LogP contribution in [0.3, 0.4) is 0 Å². The van der Waals surface area contributed by atoms with E-state index in [1.807, 2.05) is 36.5 Å². The van der Waals surface area contributed by atoms with Crippen molar-refractivity contribution in [2.24, 2.45) is 0 Å². The van der Waals surface area contributed by atoms with E-state index in [4.69, 9.17) is 16.9 Å². The highest BCUT2D eigenvalue weighted by atomic mass is 35.5. The molecule has 26 heavy (non-hydrogen) atoms. The molecule has 2 N–H and O–H groups in total. The second-order valence-electron chi connectivity index (χ2n) is 6.14. The first-order valence-electron chi connectivity index (χ1n) is 8.22. The van der Waals surface area contributed by atoms with Crippen molar-refractivity contribution in [2.75, 3.05) is 18.4 Å². The van der Waals surface area contributed by atoms with Crippen molar-refractivity contribution in [3.8, 4) is 6.19 Å². The molecule has 1 unspecified atom stereocenters. The number of anilines is 1. The van der Waals surface area contributed by atoms with Crippen LogP contribution in [0.25, 0.3) is 0 Å². The van der Waals surface area contributed by atoms with Crippen LogP contribution in [-0.4, -0.2) is 32.4 Å². The maximum absolute atomic E-state index is 12.7. The zero-order valence-electron chi connectivity index (χ0n) is 14.0. The summed E-state index contributed by atoms with van der Waals surface area (Å²) in [4.78, 5) is 1.57. The van der Waals surface area contributed by atoms with Gasteiger partial charge in [0.15, 0.2) is 6.19 Å². The molecule has 2 aromatic carbocycles. The third-order valence-corrected chi connectivity index (χ3v) is 6.21. The fraction of sp³-hybridized carbons (Fsp3) is 0.278. The van der Waals surface area contributed by atoms with Gasteiger partial charge in [0.05, 0.1) is 5.02 Å². The van der Waals surface area contributed by atoms with Crippen molar-refractivity contribution < 1.29 is 8.42 Å². The number of nitrogens with one attached hydrogen (secondary N) is 2. The smallest absolute Gasteiger partial charge is 0.242 e. The summed E-state index contributed by atoms with van der Waals surface area (Å²) in [5, 5.41) is 12.3. The molecule has 0 radical (unpaired) electrons. The molecular formula is C18H19ClN4O2S. The van der Waals surface area contributed by atoms with Crippen molar-refractivity contribution in [1.82, 2.24) is 9.62 Å². The number of likely N-dealkylation sites (tertiary alicyclic amines) is 1. The highest BCUT2D eigenvalue weighted by Gasteiger charge is 2.28. The summed E-state index contributed by atoms with van der Waals surface area (Å²) in [6.07, 6.45) is 2.63. The highest BCUT2D eigenvalue weighted by Crippen LogP contribution is 2.26. The quantitative estimate of drug-likeness (QED) is 0.741. The molecule has 0 spiro atoms. The van der Waals surface area contributed by atoms with E-state index in [-0.39, 0.29) is 16.0 Å². The molecule has 3 rings (SSSR count). The predicted molar refractivity (Wildman–Crippen MR) is 101 cm³/mol. The van der Waals surface area contributed by atoms with Crippen LogP contribution in [0.4, 0.5) is 5.69 Å². The Bertz CT molecular complexity index is 913. The van der Waals surface area contributed by atoms with Gasteiger partial charge in [-0.1, -0.05) is 41.9 Å². The van der Waals surface area contributed by atoms with Gasteiger partial charge in [-0.25, -0.2) is 13.1 Å². The summed E-state index contributed by atoms with van der Waals surface area (Å²) in [5.41, 5.74) is 1.76. The van der Waals surface area contributed by atoms with E-state index >= 15 is 0 Å². The zero-order chi connectivity index (χ0) is 18.6. The zero-order valence-corrected chi connectivity index (χ0v) is 15.6. The van der Waals surface area contributed by atoms with Gasteiger partial charge in [-0.05, 0) is 30.2 Å². The van der Waals surface area contributed by atoms with Crippen molar-refractivity contribution in [3.63, 3.8) is 0 Å². The molecule has 0 aliphatic carbocycles. The number of nitriles is 1. The van der Waals surface area contributed by atoms with Crippen LogP contribution in [-0.2, 0) is 16.6 Å². The van der Waals surface area contributed by atoms with E-state index in [2.05, 4.69) is 10.0 Å². The SMILES string of the molecule is N#CN1CCC(NS(=O)(=O)c2cc(NCc3ccccc3)ccc2Cl)C1. The molecule has 1 aliphatic rings. The Labute approximate surface area is 158 Å². The molecule has 1 heterocycles. The minimum Gasteiger partial charge on any atom is -0.381 e. The van der Waals surface area contributed by atoms with E-state index < -0.39 is 10.0 Å². The van der Waals surface area contributed by atoms with Crippen molar-refractivity contribution in [2.45, 2.75) is 23.9 Å². The van der Waals surface area contributed by atoms with E-state index in [1.165, 1.54) is 11.0 Å². The van der Waals surface area contributed by atoms with Crippen LogP contribution in [0.1, 0.15) is 12.0 Å². The monoisotopic (exact) mass is 390 g/mol. The molecule has 1 fully saturated rings. The average Bonchev–Trinajstić information content (AvgIpc) is 3.08. The van der Waals surface area contributed by atoms with Crippen molar-refractivity contribution >= 4 is 27.3 Å². The Morgan fingerprint density at radius 2 is 2.00 bits per heavy atom. The first-order valence-corrected chi connectivity index (χ1v) is 10.1. The van der Waals surface area contributed by atoms with Gasteiger partial charge in [-0.15, -0.1) is 0 Å². The number of rotatable bonds is 6. The first kappa shape index (κ1) is 18.5. The summed E-state index contributed by atoms with van der Waals surface area (Å²) in [6, 6.07) is 14.4. The molecule has 0 aromatic heterocycles. The van der Waals surface area contributed by atoms with Crippen molar-refractivity contribution in [3.05, 3.63) is 59.1 Å². The molecule has 2 aromatic rings. The Hall–Kier alpha value is -2.27. The third-order valence-electron chi connectivity index (χ3n) is 4.21. The minimum atomic E-state index is -3.77. The number of hydrogen-bond donors (Lipinski definition) is 2. The highest BCUT2D eigenvalue weighted by molar-refractivity contribution is 7.89. The van der Waals surface area contributed by atoms with Crippen LogP contribution in [0.15, 0.2) is 53.4 Å². The number of nitrogens with zero attached hydrogens (tertiary/aromatic N) is 2. The van der Waals surface area contributed by atoms with Gasteiger partial charge in [0.2, 0.25) is 10.0 Å². The van der Waals surface area contributed by atoms with Crippen LogP contribution >= 0.6 is 11.6 Å². The molecule has 1 atom stereocenters. The minimum absolute atomic E-state index is 0.0348. The molecule has 1 aliphatic heterocycles. The summed E-state index contributed by atoms with van der Waals surface area (Å²) >= 11 is 6.13. The summed E-state index contributed by atoms with van der Waals surface area (Å²) in [6.45, 7) is 1.50. The lowest BCUT2D eigenvalue weighted by Gasteiger charge is -2.15. The van der Waals surface area contributed by atoms with Gasteiger partial charge in [-0.2, -0.15) is 5.26 Å². The molecule has 136 valence electrons. The molecule has 1 saturated heterocycles. The molecule has 6 nitrogen and oxygen atoms in total. The normalized spacial score (nSPS) is 17.1. The fourth-order valence-electron chi connectivity index (χ4n) is 2.85. The second kappa shape index (κ2) is 7.96. The average molecular weight is 391 g/mol. The summed E-state index contributed by atoms with van der Waals surface area (Å²) < 4.78 is 28.1. The number of benzene rings is 2. The second-order valence-corrected chi connectivity index (χ2v) is 8.23. The van der Waals surface area contributed by atoms with Crippen LogP contribution in [0, 0.1) is 11.5 Å². The van der Waals surface area contributed by atoms with Crippen LogP contribution in [0.2, 0.25) is 5.02 Å². The van der Waals surface area contributed by atoms with Gasteiger partial charge in [0.1, 0.15) is 4.90 Å². The lowest BCUT2D eigenvalue weighted by molar-refractivity contribution is 0.470. The maximum atomic E-state index is 12.7. The molecular weight excluding hydrogens is 372 g/mol. The van der Waals surface area contributed by atoms with Gasteiger partial charge in [0, 0.05) is 31.4 Å². The van der Waals surface area contributed by atoms with Crippen molar-refractivity contribution in [1.29, 1.82) is 5.26 Å². The van der Waals surface area contributed by atoms with E-state index in [0.29, 0.717) is 31.7 Å². The number of hydrogen-bond acceptors (Lipinski definition) is 5. The van der Waals surface area contributed by atoms with Gasteiger partial charge < -0.3 is 10.2 Å². The molecule has 8 heteroatoms. The number of halogens is 1. The Morgan fingerprint density at radius 3 is 2.69 bits per heavy atom. The molecule has 0 bridgehead atoms. The van der Waals surface area contributed by atoms with Gasteiger partial charge in [-0.3, -0.25) is 0 Å². The van der Waals surface area contributed by atoms with Crippen LogP contribution in [0.5, 0.6) is 0 Å². The predicted octanol–water partition coefficient (Wildman–Crippen LogP) is 2.79. The van der Waals surface area contributed by atoms with Gasteiger partial charge in [0.25, 0.3) is 0 Å². The first-order chi connectivity index (χ1) is 12.5. The van der Waals surface area contributed by atoms with E-state index in [9.17, 15) is 8.42 Å². The molecule has 0 amide bonds. The Balaban J connectivity index is 1.73.